The van der Waals surface area contributed by atoms with Crippen molar-refractivity contribution in [3.8, 4) is 5.75 Å². The molecule has 1 atom stereocenters. The van der Waals surface area contributed by atoms with Gasteiger partial charge in [-0.1, -0.05) is 0 Å². The van der Waals surface area contributed by atoms with E-state index in [1.165, 1.54) is 0 Å². The van der Waals surface area contributed by atoms with Crippen LogP contribution in [0.3, 0.4) is 0 Å². The van der Waals surface area contributed by atoms with Crippen LogP contribution in [0.1, 0.15) is 25.3 Å². The minimum absolute atomic E-state index is 0.252. The Balaban J connectivity index is 2.10. The number of nitrogens with zero attached hydrogens (tertiary/aromatic N) is 2. The maximum absolute atomic E-state index is 13.7. The molecule has 0 bridgehead atoms. The van der Waals surface area contributed by atoms with Gasteiger partial charge in [-0.05, 0) is 38.9 Å². The first-order chi connectivity index (χ1) is 13.4. The highest BCUT2D eigenvalue weighted by Crippen LogP contribution is 2.47. The molecule has 162 valence electrons. The average molecular weight is 426 g/mol. The van der Waals surface area contributed by atoms with Crippen LogP contribution in [0.15, 0.2) is 18.2 Å². The first kappa shape index (κ1) is 22.8. The number of hydrogen-bond acceptors (Lipinski definition) is 6. The van der Waals surface area contributed by atoms with Gasteiger partial charge in [-0.15, -0.1) is 0 Å². The van der Waals surface area contributed by atoms with E-state index in [9.17, 15) is 36.9 Å². The fourth-order valence-corrected chi connectivity index (χ4v) is 2.92. The van der Waals surface area contributed by atoms with Gasteiger partial charge < -0.3 is 9.47 Å². The number of hydrogen-bond donors (Lipinski definition) is 0. The van der Waals surface area contributed by atoms with E-state index in [0.717, 1.165) is 25.9 Å². The Kier molecular flexibility index (Phi) is 6.98. The highest BCUT2D eigenvalue weighted by Gasteiger charge is 2.60. The minimum atomic E-state index is -5.95. The highest BCUT2D eigenvalue weighted by molar-refractivity contribution is 5.71. The van der Waals surface area contributed by atoms with Gasteiger partial charge in [0.2, 0.25) is 0 Å². The topological polar surface area (TPSA) is 81.9 Å². The van der Waals surface area contributed by atoms with E-state index in [-0.39, 0.29) is 6.07 Å². The average Bonchev–Trinajstić information content (AvgIpc) is 3.11. The van der Waals surface area contributed by atoms with E-state index in [1.807, 2.05) is 0 Å². The number of nitro benzene ring substituents is 1. The normalized spacial score (nSPS) is 16.5. The van der Waals surface area contributed by atoms with Crippen molar-refractivity contribution in [3.05, 3.63) is 33.9 Å². The van der Waals surface area contributed by atoms with Crippen LogP contribution in [0.25, 0.3) is 0 Å². The van der Waals surface area contributed by atoms with Crippen LogP contribution in [-0.2, 0) is 15.5 Å². The summed E-state index contributed by atoms with van der Waals surface area (Å²) in [7, 11) is 0. The first-order valence-corrected chi connectivity index (χ1v) is 8.70. The molecule has 1 unspecified atom stereocenters. The van der Waals surface area contributed by atoms with Crippen LogP contribution in [0.4, 0.5) is 27.6 Å². The van der Waals surface area contributed by atoms with Crippen LogP contribution in [0.2, 0.25) is 0 Å². The molecule has 1 aliphatic rings. The largest absolute Gasteiger partial charge is 0.481 e. The van der Waals surface area contributed by atoms with Crippen LogP contribution >= 0.6 is 0 Å². The Morgan fingerprint density at radius 1 is 1.24 bits per heavy atom. The Bertz CT molecular complexity index is 750. The number of ether oxygens (including phenoxy) is 2. The molecule has 7 nitrogen and oxygen atoms in total. The maximum Gasteiger partial charge on any atom is 0.458 e. The van der Waals surface area contributed by atoms with E-state index in [0.29, 0.717) is 18.7 Å². The quantitative estimate of drug-likeness (QED) is 0.273. The van der Waals surface area contributed by atoms with E-state index in [4.69, 9.17) is 9.47 Å². The summed E-state index contributed by atoms with van der Waals surface area (Å²) in [5.74, 6) is -7.44. The Hall–Kier alpha value is -2.50. The lowest BCUT2D eigenvalue weighted by Crippen LogP contribution is -2.34. The fraction of sp³-hybridized carbons (Fsp3) is 0.588. The number of benzene rings is 1. The van der Waals surface area contributed by atoms with Crippen LogP contribution in [0, 0.1) is 10.1 Å². The second kappa shape index (κ2) is 8.89. The molecule has 1 aromatic carbocycles. The molecule has 0 spiro atoms. The fourth-order valence-electron chi connectivity index (χ4n) is 2.92. The molecule has 0 N–H and O–H groups in total. The molecule has 2 rings (SSSR count). The third-order valence-electron chi connectivity index (χ3n) is 4.26. The predicted molar refractivity (Wildman–Crippen MR) is 89.8 cm³/mol. The summed E-state index contributed by atoms with van der Waals surface area (Å²) in [5, 5.41) is 10.8. The molecular weight excluding hydrogens is 407 g/mol. The third kappa shape index (κ3) is 5.75. The van der Waals surface area contributed by atoms with Crippen molar-refractivity contribution in [2.75, 3.05) is 26.2 Å². The van der Waals surface area contributed by atoms with Gasteiger partial charge in [0.15, 0.2) is 6.61 Å². The van der Waals surface area contributed by atoms with E-state index >= 15 is 0 Å². The molecule has 29 heavy (non-hydrogen) atoms. The molecule has 0 amide bonds. The lowest BCUT2D eigenvalue weighted by atomic mass is 10.1. The van der Waals surface area contributed by atoms with Crippen molar-refractivity contribution >= 4 is 11.7 Å². The number of carbonyl (C=O) groups excluding carboxylic acids is 1. The molecule has 0 saturated carbocycles. The molecule has 12 heteroatoms. The van der Waals surface area contributed by atoms with Crippen LogP contribution < -0.4 is 4.74 Å². The molecule has 1 saturated heterocycles. The molecule has 0 aromatic heterocycles. The second-order valence-corrected chi connectivity index (χ2v) is 6.61. The van der Waals surface area contributed by atoms with Crippen molar-refractivity contribution in [2.45, 2.75) is 38.0 Å². The van der Waals surface area contributed by atoms with Gasteiger partial charge in [-0.2, -0.15) is 22.0 Å². The third-order valence-corrected chi connectivity index (χ3v) is 4.26. The minimum Gasteiger partial charge on any atom is -0.481 e. The van der Waals surface area contributed by atoms with Gasteiger partial charge in [-0.3, -0.25) is 15.0 Å². The molecule has 1 aliphatic heterocycles. The molecule has 1 fully saturated rings. The summed E-state index contributed by atoms with van der Waals surface area (Å²) in [6.07, 6.45) is -4.46. The number of nitro groups is 1. The summed E-state index contributed by atoms with van der Waals surface area (Å²) in [6, 6.07) is 1.16. The van der Waals surface area contributed by atoms with Crippen LogP contribution in [-0.4, -0.2) is 54.3 Å². The van der Waals surface area contributed by atoms with Gasteiger partial charge in [-0.25, -0.2) is 4.79 Å². The zero-order chi connectivity index (χ0) is 21.8. The molecule has 0 aliphatic carbocycles. The Morgan fingerprint density at radius 3 is 2.41 bits per heavy atom. The van der Waals surface area contributed by atoms with Crippen molar-refractivity contribution in [3.63, 3.8) is 0 Å². The number of likely N-dealkylation sites (tertiary alicyclic amines) is 1. The monoisotopic (exact) mass is 426 g/mol. The summed E-state index contributed by atoms with van der Waals surface area (Å²) in [5.41, 5.74) is -2.40. The summed E-state index contributed by atoms with van der Waals surface area (Å²) < 4.78 is 75.3. The zero-order valence-electron chi connectivity index (χ0n) is 15.4. The van der Waals surface area contributed by atoms with Crippen LogP contribution in [0.5, 0.6) is 5.75 Å². The summed E-state index contributed by atoms with van der Waals surface area (Å²) in [4.78, 5) is 23.7. The zero-order valence-corrected chi connectivity index (χ0v) is 15.4. The molecule has 1 heterocycles. The van der Waals surface area contributed by atoms with Crippen molar-refractivity contribution < 1.29 is 41.1 Å². The van der Waals surface area contributed by atoms with Gasteiger partial charge >= 0.3 is 18.1 Å². The molecule has 0 radical (unpaired) electrons. The lowest BCUT2D eigenvalue weighted by Gasteiger charge is -2.23. The number of esters is 1. The lowest BCUT2D eigenvalue weighted by molar-refractivity contribution is -0.385. The number of non-ortho nitro benzene ring substituents is 1. The highest BCUT2D eigenvalue weighted by atomic mass is 19.4. The van der Waals surface area contributed by atoms with Crippen molar-refractivity contribution in [1.82, 2.24) is 4.90 Å². The number of carbonyl (C=O) groups is 1. The number of rotatable bonds is 8. The molecular formula is C17H19F5N2O5. The van der Waals surface area contributed by atoms with Crippen molar-refractivity contribution in [1.29, 1.82) is 0 Å². The summed E-state index contributed by atoms with van der Waals surface area (Å²) >= 11 is 0. The number of halogens is 5. The Labute approximate surface area is 162 Å². The summed E-state index contributed by atoms with van der Waals surface area (Å²) in [6.45, 7) is 2.77. The number of alkyl halides is 5. The Morgan fingerprint density at radius 2 is 1.86 bits per heavy atom. The van der Waals surface area contributed by atoms with Gasteiger partial charge in [0.25, 0.3) is 5.69 Å². The van der Waals surface area contributed by atoms with E-state index in [1.54, 1.807) is 6.92 Å². The maximum atomic E-state index is 13.7. The van der Waals surface area contributed by atoms with Gasteiger partial charge in [0.05, 0.1) is 16.6 Å². The van der Waals surface area contributed by atoms with E-state index < -0.39 is 52.7 Å². The standard InChI is InChI=1S/C17H19F5N2O5/c1-11(9-23-6-2-3-7-23)29-15(25)10-28-14-8-12(24(26)27)4-5-13(14)16(18,19)17(20,21)22/h4-5,8,11H,2-3,6-7,9-10H2,1H3. The predicted octanol–water partition coefficient (Wildman–Crippen LogP) is 3.66. The first-order valence-electron chi connectivity index (χ1n) is 8.70. The second-order valence-electron chi connectivity index (χ2n) is 6.61. The van der Waals surface area contributed by atoms with Gasteiger partial charge in [0.1, 0.15) is 11.9 Å². The van der Waals surface area contributed by atoms with Crippen molar-refractivity contribution in [2.24, 2.45) is 0 Å². The molecule has 1 aromatic rings. The SMILES string of the molecule is CC(CN1CCCC1)OC(=O)COc1cc([N+](=O)[O-])ccc1C(F)(F)C(F)(F)F. The van der Waals surface area contributed by atoms with Gasteiger partial charge in [0, 0.05) is 12.6 Å². The van der Waals surface area contributed by atoms with E-state index in [2.05, 4.69) is 4.90 Å². The smallest absolute Gasteiger partial charge is 0.458 e.